The van der Waals surface area contributed by atoms with Crippen molar-refractivity contribution < 1.29 is 13.2 Å². The van der Waals surface area contributed by atoms with Gasteiger partial charge < -0.3 is 4.98 Å². The first-order valence-corrected chi connectivity index (χ1v) is 6.73. The highest BCUT2D eigenvalue weighted by atomic mass is 79.9. The van der Waals surface area contributed by atoms with E-state index in [0.29, 0.717) is 0 Å². The lowest BCUT2D eigenvalue weighted by atomic mass is 10.2. The molecule has 1 heterocycles. The van der Waals surface area contributed by atoms with Gasteiger partial charge in [-0.05, 0) is 36.5 Å². The number of H-pyrrole nitrogens is 1. The van der Waals surface area contributed by atoms with Gasteiger partial charge in [-0.25, -0.2) is 13.2 Å². The second kappa shape index (κ2) is 4.75. The van der Waals surface area contributed by atoms with Crippen molar-refractivity contribution in [1.29, 1.82) is 0 Å². The van der Waals surface area contributed by atoms with Gasteiger partial charge in [0, 0.05) is 4.47 Å². The lowest BCUT2D eigenvalue weighted by Gasteiger charge is -2.08. The van der Waals surface area contributed by atoms with E-state index in [2.05, 4.69) is 20.9 Å². The van der Waals surface area contributed by atoms with Crippen LogP contribution < -0.4 is 0 Å². The van der Waals surface area contributed by atoms with Crippen LogP contribution in [0.5, 0.6) is 0 Å². The van der Waals surface area contributed by atoms with Crippen molar-refractivity contribution in [2.75, 3.05) is 0 Å². The average molecular weight is 359 g/mol. The summed E-state index contributed by atoms with van der Waals surface area (Å²) in [6.07, 6.45) is 0. The summed E-state index contributed by atoms with van der Waals surface area (Å²) in [6.45, 7) is 0. The van der Waals surface area contributed by atoms with Gasteiger partial charge in [0.25, 0.3) is 0 Å². The fourth-order valence-corrected chi connectivity index (χ4v) is 2.76. The molecular formula is C13H6BrF3N2S. The summed E-state index contributed by atoms with van der Waals surface area (Å²) >= 11 is 8.05. The molecule has 2 aromatic carbocycles. The van der Waals surface area contributed by atoms with E-state index in [4.69, 9.17) is 12.2 Å². The second-order valence-electron chi connectivity index (χ2n) is 4.12. The first-order valence-electron chi connectivity index (χ1n) is 5.53. The second-order valence-corrected chi connectivity index (χ2v) is 5.42. The maximum Gasteiger partial charge on any atom is 0.183 e. The number of nitrogens with one attached hydrogen (secondary N) is 1. The molecule has 1 N–H and O–H groups in total. The number of hydrogen-bond acceptors (Lipinski definition) is 1. The van der Waals surface area contributed by atoms with Crippen molar-refractivity contribution in [2.45, 2.75) is 0 Å². The zero-order valence-corrected chi connectivity index (χ0v) is 12.2. The topological polar surface area (TPSA) is 20.7 Å². The third-order valence-corrected chi connectivity index (χ3v) is 3.62. The molecule has 2 nitrogen and oxygen atoms in total. The molecule has 20 heavy (non-hydrogen) atoms. The Morgan fingerprint density at radius 1 is 1.05 bits per heavy atom. The summed E-state index contributed by atoms with van der Waals surface area (Å²) in [5.41, 5.74) is 0.0457. The van der Waals surface area contributed by atoms with E-state index in [9.17, 15) is 13.2 Å². The Kier molecular flexibility index (Phi) is 3.18. The molecule has 0 bridgehead atoms. The van der Waals surface area contributed by atoms with Gasteiger partial charge in [-0.1, -0.05) is 22.0 Å². The molecule has 0 aliphatic heterocycles. The van der Waals surface area contributed by atoms with Crippen molar-refractivity contribution >= 4 is 39.2 Å². The zero-order valence-electron chi connectivity index (χ0n) is 9.75. The number of benzene rings is 2. The predicted octanol–water partition coefficient (Wildman–Crippen LogP) is 4.87. The highest BCUT2D eigenvalue weighted by Gasteiger charge is 2.17. The molecule has 3 rings (SSSR count). The fourth-order valence-electron chi connectivity index (χ4n) is 2.07. The Morgan fingerprint density at radius 2 is 1.70 bits per heavy atom. The van der Waals surface area contributed by atoms with Gasteiger partial charge in [-0.15, -0.1) is 0 Å². The van der Waals surface area contributed by atoms with Gasteiger partial charge >= 0.3 is 0 Å². The molecule has 0 atom stereocenters. The number of halogens is 4. The number of aromatic nitrogens is 2. The van der Waals surface area contributed by atoms with Crippen LogP contribution in [0.3, 0.4) is 0 Å². The lowest BCUT2D eigenvalue weighted by molar-refractivity contribution is 0.569. The van der Waals surface area contributed by atoms with Gasteiger partial charge in [0.1, 0.15) is 17.0 Å². The van der Waals surface area contributed by atoms with E-state index in [-0.39, 0.29) is 26.0 Å². The molecule has 7 heteroatoms. The normalized spacial score (nSPS) is 11.2. The predicted molar refractivity (Wildman–Crippen MR) is 76.0 cm³/mol. The van der Waals surface area contributed by atoms with E-state index in [1.165, 1.54) is 18.2 Å². The van der Waals surface area contributed by atoms with Gasteiger partial charge in [-0.3, -0.25) is 4.57 Å². The molecule has 102 valence electrons. The Morgan fingerprint density at radius 3 is 2.35 bits per heavy atom. The van der Waals surface area contributed by atoms with Crippen LogP contribution in [0.1, 0.15) is 0 Å². The first-order chi connectivity index (χ1) is 9.49. The van der Waals surface area contributed by atoms with E-state index in [1.807, 2.05) is 0 Å². The molecule has 0 amide bonds. The largest absolute Gasteiger partial charge is 0.328 e. The minimum absolute atomic E-state index is 0.0187. The number of rotatable bonds is 1. The molecule has 0 spiro atoms. The summed E-state index contributed by atoms with van der Waals surface area (Å²) in [6, 6.07) is 6.47. The summed E-state index contributed by atoms with van der Waals surface area (Å²) in [7, 11) is 0. The molecule has 0 aliphatic carbocycles. The molecule has 0 fully saturated rings. The number of hydrogen-bond donors (Lipinski definition) is 1. The Hall–Kier alpha value is -1.60. The molecule has 0 saturated carbocycles. The minimum Gasteiger partial charge on any atom is -0.328 e. The van der Waals surface area contributed by atoms with Crippen molar-refractivity contribution in [2.24, 2.45) is 0 Å². The van der Waals surface area contributed by atoms with Gasteiger partial charge in [0.05, 0.1) is 5.52 Å². The maximum atomic E-state index is 14.0. The number of nitrogens with zero attached hydrogens (tertiary/aromatic N) is 1. The third-order valence-electron chi connectivity index (χ3n) is 2.87. The number of imidazole rings is 1. The summed E-state index contributed by atoms with van der Waals surface area (Å²) in [5.74, 6) is -2.12. The van der Waals surface area contributed by atoms with E-state index in [0.717, 1.165) is 16.7 Å². The SMILES string of the molecule is Fc1cc(Br)cc(F)c1-n1c(=S)[nH]c2c(F)cccc21. The van der Waals surface area contributed by atoms with Crippen molar-refractivity contribution in [3.63, 3.8) is 0 Å². The Bertz CT molecular complexity index is 862. The Balaban J connectivity index is 2.45. The molecule has 0 radical (unpaired) electrons. The number of fused-ring (bicyclic) bond motifs is 1. The third kappa shape index (κ3) is 1.97. The van der Waals surface area contributed by atoms with Crippen molar-refractivity contribution in [3.05, 3.63) is 57.0 Å². The van der Waals surface area contributed by atoms with Crippen LogP contribution >= 0.6 is 28.1 Å². The van der Waals surface area contributed by atoms with Crippen LogP contribution in [0.25, 0.3) is 16.7 Å². The highest BCUT2D eigenvalue weighted by Crippen LogP contribution is 2.27. The minimum atomic E-state index is -0.793. The molecule has 0 saturated heterocycles. The maximum absolute atomic E-state index is 14.0. The van der Waals surface area contributed by atoms with Gasteiger partial charge in [-0.2, -0.15) is 0 Å². The van der Waals surface area contributed by atoms with E-state index < -0.39 is 17.5 Å². The van der Waals surface area contributed by atoms with Crippen LogP contribution in [0.2, 0.25) is 0 Å². The monoisotopic (exact) mass is 358 g/mol. The first kappa shape index (κ1) is 13.4. The molecule has 0 unspecified atom stereocenters. The van der Waals surface area contributed by atoms with Gasteiger partial charge in [0.2, 0.25) is 0 Å². The van der Waals surface area contributed by atoms with Crippen LogP contribution in [0.15, 0.2) is 34.8 Å². The van der Waals surface area contributed by atoms with Crippen molar-refractivity contribution in [1.82, 2.24) is 9.55 Å². The standard InChI is InChI=1S/C13H6BrF3N2S/c14-6-4-8(16)12(9(17)5-6)19-10-3-1-2-7(15)11(10)18-13(19)20/h1-5H,(H,18,20). The average Bonchev–Trinajstić information content (AvgIpc) is 2.67. The summed E-state index contributed by atoms with van der Waals surface area (Å²) in [4.78, 5) is 2.62. The highest BCUT2D eigenvalue weighted by molar-refractivity contribution is 9.10. The quantitative estimate of drug-likeness (QED) is 0.615. The number of aromatic amines is 1. The van der Waals surface area contributed by atoms with Crippen LogP contribution in [-0.4, -0.2) is 9.55 Å². The zero-order chi connectivity index (χ0) is 14.4. The lowest BCUT2D eigenvalue weighted by Crippen LogP contribution is -2.02. The molecule has 0 aliphatic rings. The smallest absolute Gasteiger partial charge is 0.183 e. The van der Waals surface area contributed by atoms with Gasteiger partial charge in [0.15, 0.2) is 16.4 Å². The summed E-state index contributed by atoms with van der Waals surface area (Å²) < 4.78 is 43.2. The van der Waals surface area contributed by atoms with E-state index in [1.54, 1.807) is 0 Å². The summed E-state index contributed by atoms with van der Waals surface area (Å²) in [5, 5.41) is 0. The molecular weight excluding hydrogens is 353 g/mol. The molecule has 1 aromatic heterocycles. The Labute approximate surface area is 125 Å². The number of para-hydroxylation sites is 1. The molecule has 3 aromatic rings. The van der Waals surface area contributed by atoms with E-state index >= 15 is 0 Å². The van der Waals surface area contributed by atoms with Crippen molar-refractivity contribution in [3.8, 4) is 5.69 Å². The van der Waals surface area contributed by atoms with Crippen LogP contribution in [0, 0.1) is 22.2 Å². The van der Waals surface area contributed by atoms with Crippen LogP contribution in [-0.2, 0) is 0 Å². The fraction of sp³-hybridized carbons (Fsp3) is 0. The van der Waals surface area contributed by atoms with Crippen LogP contribution in [0.4, 0.5) is 13.2 Å².